The Morgan fingerprint density at radius 3 is 1.44 bits per heavy atom. The molecule has 2 aliphatic rings. The first-order valence-corrected chi connectivity index (χ1v) is 19.8. The van der Waals surface area contributed by atoms with E-state index in [1.807, 2.05) is 0 Å². The van der Waals surface area contributed by atoms with Crippen molar-refractivity contribution in [1.29, 1.82) is 0 Å². The molecule has 7 aromatic carbocycles. The minimum Gasteiger partial charge on any atom is -0.458 e. The standard InChI is InChI=1S/C51H47BN2O/c1-33(2)38-30-41(34(3)4)51(42(31-38)35(5)6)52-43-18-10-15-23-49(43)55-50-32-37(26-29-44(50)52)36-24-27-40(28-25-36)54-47-21-13-11-19-45(47)53(39-16-8-7-9-17-39)46-20-12-14-22-48(46)54/h7-35H,1-6H3. The van der Waals surface area contributed by atoms with Crippen LogP contribution in [0.1, 0.15) is 76.0 Å². The lowest BCUT2D eigenvalue weighted by Gasteiger charge is -2.40. The van der Waals surface area contributed by atoms with Crippen LogP contribution in [0.3, 0.4) is 0 Å². The van der Waals surface area contributed by atoms with Gasteiger partial charge >= 0.3 is 0 Å². The number of rotatable bonds is 7. The van der Waals surface area contributed by atoms with Gasteiger partial charge in [-0.05, 0) is 117 Å². The molecule has 0 saturated carbocycles. The Morgan fingerprint density at radius 1 is 0.418 bits per heavy atom. The molecule has 270 valence electrons. The normalized spacial score (nSPS) is 13.1. The second-order valence-corrected chi connectivity index (χ2v) is 15.9. The van der Waals surface area contributed by atoms with E-state index >= 15 is 0 Å². The summed E-state index contributed by atoms with van der Waals surface area (Å²) >= 11 is 0. The first-order chi connectivity index (χ1) is 26.8. The van der Waals surface area contributed by atoms with Gasteiger partial charge in [-0.1, -0.05) is 144 Å². The molecule has 0 bridgehead atoms. The van der Waals surface area contributed by atoms with Crippen molar-refractivity contribution >= 4 is 57.2 Å². The van der Waals surface area contributed by atoms with E-state index in [1.165, 1.54) is 33.1 Å². The highest BCUT2D eigenvalue weighted by atomic mass is 16.5. The van der Waals surface area contributed by atoms with E-state index in [4.69, 9.17) is 4.74 Å². The van der Waals surface area contributed by atoms with E-state index in [1.54, 1.807) is 0 Å². The van der Waals surface area contributed by atoms with Gasteiger partial charge < -0.3 is 14.5 Å². The Balaban J connectivity index is 1.12. The summed E-state index contributed by atoms with van der Waals surface area (Å²) in [5, 5.41) is 0. The zero-order valence-corrected chi connectivity index (χ0v) is 32.6. The van der Waals surface area contributed by atoms with Crippen LogP contribution in [-0.4, -0.2) is 6.71 Å². The first kappa shape index (κ1) is 34.8. The average Bonchev–Trinajstić information content (AvgIpc) is 3.21. The fourth-order valence-corrected chi connectivity index (χ4v) is 8.68. The van der Waals surface area contributed by atoms with Gasteiger partial charge in [0.05, 0.1) is 22.7 Å². The van der Waals surface area contributed by atoms with E-state index in [-0.39, 0.29) is 6.71 Å². The fraction of sp³-hybridized carbons (Fsp3) is 0.176. The molecular formula is C51H47BN2O. The van der Waals surface area contributed by atoms with Crippen LogP contribution in [-0.2, 0) is 0 Å². The number of nitrogens with zero attached hydrogens (tertiary/aromatic N) is 2. The fourth-order valence-electron chi connectivity index (χ4n) is 8.68. The number of fused-ring (bicyclic) bond motifs is 4. The maximum absolute atomic E-state index is 6.78. The van der Waals surface area contributed by atoms with Gasteiger partial charge in [-0.2, -0.15) is 0 Å². The Kier molecular flexibility index (Phi) is 8.85. The molecule has 0 unspecified atom stereocenters. The van der Waals surface area contributed by atoms with Gasteiger partial charge in [0, 0.05) is 11.4 Å². The molecule has 0 atom stereocenters. The van der Waals surface area contributed by atoms with E-state index in [2.05, 4.69) is 209 Å². The maximum Gasteiger partial charge on any atom is 0.251 e. The van der Waals surface area contributed by atoms with Gasteiger partial charge in [-0.15, -0.1) is 0 Å². The highest BCUT2D eigenvalue weighted by Gasteiger charge is 2.37. The summed E-state index contributed by atoms with van der Waals surface area (Å²) in [7, 11) is 0. The second-order valence-electron chi connectivity index (χ2n) is 15.9. The number of hydrogen-bond acceptors (Lipinski definition) is 3. The molecule has 2 aliphatic heterocycles. The molecule has 0 N–H and O–H groups in total. The monoisotopic (exact) mass is 714 g/mol. The van der Waals surface area contributed by atoms with Crippen LogP contribution in [0.4, 0.5) is 34.1 Å². The van der Waals surface area contributed by atoms with Crippen LogP contribution in [0.5, 0.6) is 11.5 Å². The number of ether oxygens (including phenoxy) is 1. The average molecular weight is 715 g/mol. The smallest absolute Gasteiger partial charge is 0.251 e. The SMILES string of the molecule is CC(C)c1cc(C(C)C)c(B2c3ccccc3Oc3cc(-c4ccc(N5c6ccccc6N(c6ccccc6)c6ccccc65)cc4)ccc32)c(C(C)C)c1. The summed E-state index contributed by atoms with van der Waals surface area (Å²) in [6.07, 6.45) is 0. The van der Waals surface area contributed by atoms with Crippen molar-refractivity contribution in [2.24, 2.45) is 0 Å². The van der Waals surface area contributed by atoms with Crippen molar-refractivity contribution in [1.82, 2.24) is 0 Å². The number of anilines is 6. The third-order valence-electron chi connectivity index (χ3n) is 11.4. The van der Waals surface area contributed by atoms with Gasteiger partial charge in [-0.3, -0.25) is 0 Å². The summed E-state index contributed by atoms with van der Waals surface area (Å²) in [4.78, 5) is 4.75. The van der Waals surface area contributed by atoms with Gasteiger partial charge in [0.1, 0.15) is 11.5 Å². The zero-order valence-electron chi connectivity index (χ0n) is 32.6. The molecule has 0 saturated heterocycles. The van der Waals surface area contributed by atoms with Gasteiger partial charge in [0.25, 0.3) is 6.71 Å². The van der Waals surface area contributed by atoms with Crippen LogP contribution in [0.2, 0.25) is 0 Å². The largest absolute Gasteiger partial charge is 0.458 e. The molecule has 3 nitrogen and oxygen atoms in total. The molecule has 0 spiro atoms. The first-order valence-electron chi connectivity index (χ1n) is 19.8. The van der Waals surface area contributed by atoms with Crippen LogP contribution < -0.4 is 30.9 Å². The molecule has 55 heavy (non-hydrogen) atoms. The van der Waals surface area contributed by atoms with Crippen LogP contribution in [0.25, 0.3) is 11.1 Å². The van der Waals surface area contributed by atoms with E-state index in [0.29, 0.717) is 17.8 Å². The minimum atomic E-state index is 0.0853. The Morgan fingerprint density at radius 2 is 0.891 bits per heavy atom. The van der Waals surface area contributed by atoms with Crippen LogP contribution in [0.15, 0.2) is 158 Å². The predicted octanol–water partition coefficient (Wildman–Crippen LogP) is 12.6. The topological polar surface area (TPSA) is 15.7 Å². The third-order valence-corrected chi connectivity index (χ3v) is 11.4. The Bertz CT molecular complexity index is 2440. The summed E-state index contributed by atoms with van der Waals surface area (Å²) < 4.78 is 6.78. The van der Waals surface area contributed by atoms with Crippen molar-refractivity contribution in [2.45, 2.75) is 59.3 Å². The van der Waals surface area contributed by atoms with Crippen molar-refractivity contribution < 1.29 is 4.74 Å². The van der Waals surface area contributed by atoms with Crippen molar-refractivity contribution in [3.8, 4) is 22.6 Å². The van der Waals surface area contributed by atoms with E-state index in [0.717, 1.165) is 56.8 Å². The van der Waals surface area contributed by atoms with Crippen LogP contribution >= 0.6 is 0 Å². The number of benzene rings is 7. The lowest BCUT2D eigenvalue weighted by Crippen LogP contribution is -2.57. The predicted molar refractivity (Wildman–Crippen MR) is 235 cm³/mol. The molecule has 0 fully saturated rings. The molecule has 0 amide bonds. The van der Waals surface area contributed by atoms with E-state index in [9.17, 15) is 0 Å². The summed E-state index contributed by atoms with van der Waals surface area (Å²) in [5.41, 5.74) is 17.4. The number of hydrogen-bond donors (Lipinski definition) is 0. The van der Waals surface area contributed by atoms with Gasteiger partial charge in [0.2, 0.25) is 0 Å². The Labute approximate surface area is 327 Å². The molecule has 9 rings (SSSR count). The molecule has 7 aromatic rings. The maximum atomic E-state index is 6.78. The lowest BCUT2D eigenvalue weighted by atomic mass is 9.34. The second kappa shape index (κ2) is 14.0. The molecule has 2 heterocycles. The van der Waals surface area contributed by atoms with Crippen molar-refractivity contribution in [3.63, 3.8) is 0 Å². The molecule has 4 heteroatoms. The summed E-state index contributed by atoms with van der Waals surface area (Å²) in [5.74, 6) is 3.13. The van der Waals surface area contributed by atoms with Gasteiger partial charge in [0.15, 0.2) is 0 Å². The highest BCUT2D eigenvalue weighted by molar-refractivity contribution is 6.97. The molecular weight excluding hydrogens is 667 g/mol. The number of para-hydroxylation sites is 6. The zero-order chi connectivity index (χ0) is 37.8. The van der Waals surface area contributed by atoms with E-state index < -0.39 is 0 Å². The highest BCUT2D eigenvalue weighted by Crippen LogP contribution is 2.54. The van der Waals surface area contributed by atoms with Crippen LogP contribution in [0, 0.1) is 0 Å². The van der Waals surface area contributed by atoms with Gasteiger partial charge in [-0.25, -0.2) is 0 Å². The minimum absolute atomic E-state index is 0.0853. The summed E-state index contributed by atoms with van der Waals surface area (Å²) in [6, 6.07) is 57.4. The van der Waals surface area contributed by atoms with Crippen molar-refractivity contribution in [3.05, 3.63) is 174 Å². The quantitative estimate of drug-likeness (QED) is 0.153. The molecule has 0 radical (unpaired) electrons. The Hall–Kier alpha value is -6.00. The summed E-state index contributed by atoms with van der Waals surface area (Å²) in [6.45, 7) is 14.1. The lowest BCUT2D eigenvalue weighted by molar-refractivity contribution is 0.487. The van der Waals surface area contributed by atoms with Crippen molar-refractivity contribution in [2.75, 3.05) is 9.80 Å². The molecule has 0 aliphatic carbocycles. The third kappa shape index (κ3) is 6.01. The molecule has 0 aromatic heterocycles.